The summed E-state index contributed by atoms with van der Waals surface area (Å²) < 4.78 is 29.9. The third kappa shape index (κ3) is 4.57. The molecule has 4 aromatic rings. The van der Waals surface area contributed by atoms with Crippen LogP contribution in [-0.4, -0.2) is 18.9 Å². The summed E-state index contributed by atoms with van der Waals surface area (Å²) >= 11 is 0. The van der Waals surface area contributed by atoms with Crippen molar-refractivity contribution in [1.82, 2.24) is 9.29 Å². The second-order valence-corrected chi connectivity index (χ2v) is 10.5. The smallest absolute Gasteiger partial charge is 0.281 e. The van der Waals surface area contributed by atoms with Gasteiger partial charge in [0.1, 0.15) is 5.69 Å². The number of hydrogen-bond donors (Lipinski definition) is 1. The zero-order chi connectivity index (χ0) is 23.9. The largest absolute Gasteiger partial charge is 0.332 e. The second kappa shape index (κ2) is 8.52. The standard InChI is InChI=1S/C27H28N2O3S/c1-17-7-10-23(11-8-17)33(31,32)28-27(30)26-15-22-9-6-18(2)14-25(22)29(26)16-24-20(4)12-19(3)13-21(24)5/h6-15H,16H2,1-5H3,(H,28,30). The fourth-order valence-corrected chi connectivity index (χ4v) is 5.25. The minimum absolute atomic E-state index is 0.0604. The zero-order valence-electron chi connectivity index (χ0n) is 19.6. The van der Waals surface area contributed by atoms with Gasteiger partial charge in [0, 0.05) is 17.4 Å². The van der Waals surface area contributed by atoms with E-state index in [0.717, 1.165) is 38.7 Å². The van der Waals surface area contributed by atoms with Gasteiger partial charge in [0.05, 0.1) is 4.90 Å². The number of rotatable bonds is 5. The first-order valence-electron chi connectivity index (χ1n) is 10.9. The van der Waals surface area contributed by atoms with Gasteiger partial charge in [-0.25, -0.2) is 13.1 Å². The highest BCUT2D eigenvalue weighted by Crippen LogP contribution is 2.26. The Morgan fingerprint density at radius 1 is 0.788 bits per heavy atom. The van der Waals surface area contributed by atoms with E-state index in [-0.39, 0.29) is 4.90 Å². The highest BCUT2D eigenvalue weighted by Gasteiger charge is 2.23. The number of aromatic nitrogens is 1. The van der Waals surface area contributed by atoms with E-state index in [1.165, 1.54) is 17.7 Å². The molecule has 5 nitrogen and oxygen atoms in total. The van der Waals surface area contributed by atoms with E-state index in [0.29, 0.717) is 12.2 Å². The minimum Gasteiger partial charge on any atom is -0.332 e. The van der Waals surface area contributed by atoms with Crippen LogP contribution >= 0.6 is 0 Å². The molecule has 4 rings (SSSR count). The summed E-state index contributed by atoms with van der Waals surface area (Å²) in [7, 11) is -3.99. The Labute approximate surface area is 195 Å². The van der Waals surface area contributed by atoms with Crippen LogP contribution < -0.4 is 4.72 Å². The molecule has 1 heterocycles. The van der Waals surface area contributed by atoms with Gasteiger partial charge in [-0.3, -0.25) is 4.79 Å². The van der Waals surface area contributed by atoms with Crippen LogP contribution in [0.2, 0.25) is 0 Å². The van der Waals surface area contributed by atoms with Crippen LogP contribution in [0.5, 0.6) is 0 Å². The normalized spacial score (nSPS) is 11.7. The average molecular weight is 461 g/mol. The molecule has 33 heavy (non-hydrogen) atoms. The number of benzene rings is 3. The Morgan fingerprint density at radius 3 is 2.03 bits per heavy atom. The molecular weight excluding hydrogens is 432 g/mol. The molecule has 0 bridgehead atoms. The number of carbonyl (C=O) groups excluding carboxylic acids is 1. The van der Waals surface area contributed by atoms with Gasteiger partial charge in [0.25, 0.3) is 15.9 Å². The van der Waals surface area contributed by atoms with Crippen LogP contribution in [0.1, 0.15) is 43.9 Å². The van der Waals surface area contributed by atoms with Gasteiger partial charge in [0.15, 0.2) is 0 Å². The molecule has 0 radical (unpaired) electrons. The SMILES string of the molecule is Cc1ccc(S(=O)(=O)NC(=O)c2cc3ccc(C)cc3n2Cc2c(C)cc(C)cc2C)cc1. The van der Waals surface area contributed by atoms with Crippen LogP contribution in [0.25, 0.3) is 10.9 Å². The number of sulfonamides is 1. The molecule has 0 unspecified atom stereocenters. The highest BCUT2D eigenvalue weighted by molar-refractivity contribution is 7.90. The lowest BCUT2D eigenvalue weighted by Crippen LogP contribution is -2.32. The van der Waals surface area contributed by atoms with E-state index in [4.69, 9.17) is 0 Å². The first-order chi connectivity index (χ1) is 15.5. The van der Waals surface area contributed by atoms with Crippen LogP contribution in [0, 0.1) is 34.6 Å². The van der Waals surface area contributed by atoms with E-state index >= 15 is 0 Å². The van der Waals surface area contributed by atoms with Crippen molar-refractivity contribution in [2.45, 2.75) is 46.1 Å². The Hall–Kier alpha value is -3.38. The number of amides is 1. The van der Waals surface area contributed by atoms with Crippen LogP contribution in [0.3, 0.4) is 0 Å². The van der Waals surface area contributed by atoms with E-state index in [1.807, 2.05) is 36.6 Å². The van der Waals surface area contributed by atoms with Gasteiger partial charge in [-0.15, -0.1) is 0 Å². The molecular formula is C27H28N2O3S. The fraction of sp³-hybridized carbons (Fsp3) is 0.222. The summed E-state index contributed by atoms with van der Waals surface area (Å²) in [6.45, 7) is 10.5. The van der Waals surface area contributed by atoms with Crippen molar-refractivity contribution in [2.24, 2.45) is 0 Å². The van der Waals surface area contributed by atoms with Gasteiger partial charge in [-0.1, -0.05) is 47.5 Å². The maximum atomic E-state index is 13.3. The number of nitrogens with zero attached hydrogens (tertiary/aromatic N) is 1. The predicted octanol–water partition coefficient (Wildman–Crippen LogP) is 5.35. The molecule has 0 fully saturated rings. The van der Waals surface area contributed by atoms with Crippen molar-refractivity contribution in [3.8, 4) is 0 Å². The summed E-state index contributed by atoms with van der Waals surface area (Å²) in [5.41, 5.74) is 7.80. The topological polar surface area (TPSA) is 68.2 Å². The number of nitrogens with one attached hydrogen (secondary N) is 1. The van der Waals surface area contributed by atoms with E-state index in [2.05, 4.69) is 37.6 Å². The zero-order valence-corrected chi connectivity index (χ0v) is 20.4. The third-order valence-corrected chi connectivity index (χ3v) is 7.35. The van der Waals surface area contributed by atoms with E-state index in [9.17, 15) is 13.2 Å². The van der Waals surface area contributed by atoms with Crippen molar-refractivity contribution in [3.05, 3.63) is 99.7 Å². The van der Waals surface area contributed by atoms with Gasteiger partial charge in [-0.2, -0.15) is 0 Å². The van der Waals surface area contributed by atoms with Gasteiger partial charge in [-0.05, 0) is 81.1 Å². The maximum absolute atomic E-state index is 13.3. The first-order valence-corrected chi connectivity index (χ1v) is 12.3. The first kappa shape index (κ1) is 22.8. The predicted molar refractivity (Wildman–Crippen MR) is 132 cm³/mol. The molecule has 0 aliphatic carbocycles. The lowest BCUT2D eigenvalue weighted by atomic mass is 9.99. The lowest BCUT2D eigenvalue weighted by Gasteiger charge is -2.16. The molecule has 0 saturated carbocycles. The molecule has 1 N–H and O–H groups in total. The molecule has 6 heteroatoms. The molecule has 0 aliphatic heterocycles. The van der Waals surface area contributed by atoms with Gasteiger partial charge >= 0.3 is 0 Å². The second-order valence-electron chi connectivity index (χ2n) is 8.80. The summed E-state index contributed by atoms with van der Waals surface area (Å²) in [6, 6.07) is 18.4. The molecule has 1 aromatic heterocycles. The maximum Gasteiger partial charge on any atom is 0.281 e. The molecule has 0 spiro atoms. The minimum atomic E-state index is -3.99. The number of carbonyl (C=O) groups is 1. The molecule has 0 atom stereocenters. The van der Waals surface area contributed by atoms with Crippen LogP contribution in [0.15, 0.2) is 65.6 Å². The summed E-state index contributed by atoms with van der Waals surface area (Å²) in [5, 5.41) is 0.890. The van der Waals surface area contributed by atoms with Gasteiger partial charge < -0.3 is 4.57 Å². The molecule has 3 aromatic carbocycles. The summed E-state index contributed by atoms with van der Waals surface area (Å²) in [6.07, 6.45) is 0. The highest BCUT2D eigenvalue weighted by atomic mass is 32.2. The average Bonchev–Trinajstić information content (AvgIpc) is 3.08. The summed E-state index contributed by atoms with van der Waals surface area (Å²) in [4.78, 5) is 13.3. The van der Waals surface area contributed by atoms with Crippen LogP contribution in [0.4, 0.5) is 0 Å². The van der Waals surface area contributed by atoms with Crippen molar-refractivity contribution in [2.75, 3.05) is 0 Å². The Balaban J connectivity index is 1.79. The molecule has 0 saturated heterocycles. The molecule has 170 valence electrons. The van der Waals surface area contributed by atoms with Crippen molar-refractivity contribution < 1.29 is 13.2 Å². The fourth-order valence-electron chi connectivity index (χ4n) is 4.29. The monoisotopic (exact) mass is 460 g/mol. The Kier molecular flexibility index (Phi) is 5.89. The summed E-state index contributed by atoms with van der Waals surface area (Å²) in [5.74, 6) is -0.646. The Bertz CT molecular complexity index is 1460. The molecule has 1 amide bonds. The number of hydrogen-bond acceptors (Lipinski definition) is 3. The van der Waals surface area contributed by atoms with Crippen molar-refractivity contribution >= 4 is 26.8 Å². The quantitative estimate of drug-likeness (QED) is 0.436. The third-order valence-electron chi connectivity index (χ3n) is 6.01. The van der Waals surface area contributed by atoms with Crippen molar-refractivity contribution in [1.29, 1.82) is 0 Å². The molecule has 0 aliphatic rings. The van der Waals surface area contributed by atoms with Crippen molar-refractivity contribution in [3.63, 3.8) is 0 Å². The Morgan fingerprint density at radius 2 is 1.39 bits per heavy atom. The number of fused-ring (bicyclic) bond motifs is 1. The van der Waals surface area contributed by atoms with Gasteiger partial charge in [0.2, 0.25) is 0 Å². The number of aryl methyl sites for hydroxylation is 5. The lowest BCUT2D eigenvalue weighted by molar-refractivity contribution is 0.0973. The van der Waals surface area contributed by atoms with E-state index < -0.39 is 15.9 Å². The van der Waals surface area contributed by atoms with E-state index in [1.54, 1.807) is 18.2 Å². The van der Waals surface area contributed by atoms with Crippen LogP contribution in [-0.2, 0) is 16.6 Å².